The number of aliphatic hydroxyl groups is 1. The van der Waals surface area contributed by atoms with E-state index in [4.69, 9.17) is 4.74 Å². The van der Waals surface area contributed by atoms with Crippen LogP contribution in [0.15, 0.2) is 12.3 Å². The van der Waals surface area contributed by atoms with Crippen molar-refractivity contribution in [3.8, 4) is 0 Å². The maximum Gasteiger partial charge on any atom is 0.0887 e. The number of hydrogen-bond donors (Lipinski definition) is 1. The van der Waals surface area contributed by atoms with Crippen LogP contribution in [0, 0.1) is 0 Å². The van der Waals surface area contributed by atoms with Crippen LogP contribution in [0.25, 0.3) is 0 Å². The molecular weight excluding hydrogens is 192 g/mol. The first-order valence-corrected chi connectivity index (χ1v) is 5.26. The minimum absolute atomic E-state index is 0.522. The zero-order valence-corrected chi connectivity index (χ0v) is 9.90. The molecule has 1 aromatic rings. The summed E-state index contributed by atoms with van der Waals surface area (Å²) in [5, 5.41) is 14.2. The fourth-order valence-corrected chi connectivity index (χ4v) is 1.48. The molecule has 0 bridgehead atoms. The molecule has 0 saturated carbocycles. The second-order valence-corrected chi connectivity index (χ2v) is 4.24. The van der Waals surface area contributed by atoms with E-state index in [2.05, 4.69) is 5.10 Å². The number of aromatic nitrogens is 2. The summed E-state index contributed by atoms with van der Waals surface area (Å²) in [4.78, 5) is 0. The zero-order valence-electron chi connectivity index (χ0n) is 9.90. The topological polar surface area (TPSA) is 47.3 Å². The first kappa shape index (κ1) is 12.2. The Bertz CT molecular complexity index is 307. The maximum absolute atomic E-state index is 10.00. The highest BCUT2D eigenvalue weighted by Crippen LogP contribution is 2.17. The quantitative estimate of drug-likeness (QED) is 0.796. The van der Waals surface area contributed by atoms with Gasteiger partial charge in [-0.3, -0.25) is 4.68 Å². The highest BCUT2D eigenvalue weighted by atomic mass is 16.5. The van der Waals surface area contributed by atoms with E-state index < -0.39 is 11.7 Å². The van der Waals surface area contributed by atoms with Crippen molar-refractivity contribution >= 4 is 0 Å². The molecule has 1 rings (SSSR count). The van der Waals surface area contributed by atoms with Crippen LogP contribution in [0.3, 0.4) is 0 Å². The van der Waals surface area contributed by atoms with Crippen LogP contribution < -0.4 is 0 Å². The molecule has 0 amide bonds. The van der Waals surface area contributed by atoms with Gasteiger partial charge in [-0.1, -0.05) is 0 Å². The molecule has 0 aromatic carbocycles. The Balaban J connectivity index is 2.58. The summed E-state index contributed by atoms with van der Waals surface area (Å²) in [6.07, 6.45) is 1.86. The van der Waals surface area contributed by atoms with Gasteiger partial charge in [-0.25, -0.2) is 0 Å². The van der Waals surface area contributed by atoms with Gasteiger partial charge in [0.1, 0.15) is 0 Å². The Morgan fingerprint density at radius 2 is 2.27 bits per heavy atom. The fourth-order valence-electron chi connectivity index (χ4n) is 1.48. The van der Waals surface area contributed by atoms with Gasteiger partial charge in [-0.2, -0.15) is 5.10 Å². The van der Waals surface area contributed by atoms with E-state index in [-0.39, 0.29) is 0 Å². The highest BCUT2D eigenvalue weighted by Gasteiger charge is 2.28. The normalized spacial score (nSPS) is 14.2. The molecule has 0 aliphatic carbocycles. The van der Waals surface area contributed by atoms with Crippen molar-refractivity contribution in [3.05, 3.63) is 18.0 Å². The van der Waals surface area contributed by atoms with Gasteiger partial charge in [0.25, 0.3) is 0 Å². The maximum atomic E-state index is 10.00. The molecule has 0 spiro atoms. The summed E-state index contributed by atoms with van der Waals surface area (Å²) in [6.45, 7) is 6.32. The van der Waals surface area contributed by atoms with Crippen LogP contribution in [0.2, 0.25) is 0 Å². The fraction of sp³-hybridized carbons (Fsp3) is 0.727. The van der Waals surface area contributed by atoms with Crippen LogP contribution in [-0.2, 0) is 18.2 Å². The van der Waals surface area contributed by atoms with E-state index in [1.807, 2.05) is 40.1 Å². The highest BCUT2D eigenvalue weighted by molar-refractivity contribution is 5.02. The molecule has 1 aromatic heterocycles. The van der Waals surface area contributed by atoms with Gasteiger partial charge in [0, 0.05) is 26.3 Å². The van der Waals surface area contributed by atoms with Crippen molar-refractivity contribution in [1.29, 1.82) is 0 Å². The Kier molecular flexibility index (Phi) is 3.88. The number of aliphatic hydroxyl groups excluding tert-OH is 1. The third-order valence-electron chi connectivity index (χ3n) is 2.49. The minimum atomic E-state index is -0.535. The van der Waals surface area contributed by atoms with Crippen molar-refractivity contribution in [2.75, 3.05) is 6.61 Å². The Morgan fingerprint density at radius 1 is 1.60 bits per heavy atom. The van der Waals surface area contributed by atoms with E-state index in [9.17, 15) is 5.11 Å². The molecular formula is C11H20N2O2. The van der Waals surface area contributed by atoms with Crippen LogP contribution in [-0.4, -0.2) is 33.2 Å². The second kappa shape index (κ2) is 4.77. The third-order valence-corrected chi connectivity index (χ3v) is 2.49. The SMILES string of the molecule is CCOC(C)(C)C(O)Cc1ccn(C)n1. The van der Waals surface area contributed by atoms with Gasteiger partial charge in [0.05, 0.1) is 17.4 Å². The van der Waals surface area contributed by atoms with Gasteiger partial charge >= 0.3 is 0 Å². The summed E-state index contributed by atoms with van der Waals surface area (Å²) in [7, 11) is 1.86. The Morgan fingerprint density at radius 3 is 2.73 bits per heavy atom. The molecule has 1 N–H and O–H groups in total. The molecule has 0 aliphatic rings. The molecule has 4 nitrogen and oxygen atoms in total. The number of nitrogens with zero attached hydrogens (tertiary/aromatic N) is 2. The molecule has 0 aliphatic heterocycles. The molecule has 0 saturated heterocycles. The Labute approximate surface area is 90.9 Å². The first-order chi connectivity index (χ1) is 6.95. The van der Waals surface area contributed by atoms with Crippen molar-refractivity contribution in [1.82, 2.24) is 9.78 Å². The summed E-state index contributed by atoms with van der Waals surface area (Å²) in [5.41, 5.74) is 0.365. The van der Waals surface area contributed by atoms with Crippen molar-refractivity contribution in [2.45, 2.75) is 38.9 Å². The molecule has 1 unspecified atom stereocenters. The average Bonchev–Trinajstić information content (AvgIpc) is 2.51. The van der Waals surface area contributed by atoms with Crippen molar-refractivity contribution in [3.63, 3.8) is 0 Å². The van der Waals surface area contributed by atoms with Crippen molar-refractivity contribution in [2.24, 2.45) is 7.05 Å². The average molecular weight is 212 g/mol. The van der Waals surface area contributed by atoms with Gasteiger partial charge < -0.3 is 9.84 Å². The van der Waals surface area contributed by atoms with Crippen LogP contribution in [0.5, 0.6) is 0 Å². The van der Waals surface area contributed by atoms with Crippen LogP contribution in [0.4, 0.5) is 0 Å². The van der Waals surface area contributed by atoms with Crippen molar-refractivity contribution < 1.29 is 9.84 Å². The summed E-state index contributed by atoms with van der Waals surface area (Å²) >= 11 is 0. The van der Waals surface area contributed by atoms with Gasteiger partial charge in [0.15, 0.2) is 0 Å². The van der Waals surface area contributed by atoms with Crippen LogP contribution >= 0.6 is 0 Å². The monoisotopic (exact) mass is 212 g/mol. The van der Waals surface area contributed by atoms with Gasteiger partial charge in [-0.05, 0) is 26.8 Å². The smallest absolute Gasteiger partial charge is 0.0887 e. The molecule has 1 atom stereocenters. The molecule has 1 heterocycles. The van der Waals surface area contributed by atoms with Crippen LogP contribution in [0.1, 0.15) is 26.5 Å². The number of ether oxygens (including phenoxy) is 1. The van der Waals surface area contributed by atoms with E-state index in [1.54, 1.807) is 4.68 Å². The largest absolute Gasteiger partial charge is 0.390 e. The Hall–Kier alpha value is -0.870. The lowest BCUT2D eigenvalue weighted by atomic mass is 9.97. The minimum Gasteiger partial charge on any atom is -0.390 e. The first-order valence-electron chi connectivity index (χ1n) is 5.26. The summed E-state index contributed by atoms with van der Waals surface area (Å²) in [6, 6.07) is 1.91. The van der Waals surface area contributed by atoms with E-state index in [0.717, 1.165) is 5.69 Å². The van der Waals surface area contributed by atoms with Gasteiger partial charge in [0.2, 0.25) is 0 Å². The van der Waals surface area contributed by atoms with Gasteiger partial charge in [-0.15, -0.1) is 0 Å². The number of hydrogen-bond acceptors (Lipinski definition) is 3. The predicted molar refractivity (Wildman–Crippen MR) is 58.6 cm³/mol. The number of rotatable bonds is 5. The lowest BCUT2D eigenvalue weighted by Crippen LogP contribution is -2.40. The summed E-state index contributed by atoms with van der Waals surface area (Å²) < 4.78 is 7.22. The third kappa shape index (κ3) is 3.32. The van der Waals surface area contributed by atoms with E-state index in [0.29, 0.717) is 13.0 Å². The summed E-state index contributed by atoms with van der Waals surface area (Å²) in [5.74, 6) is 0. The second-order valence-electron chi connectivity index (χ2n) is 4.24. The zero-order chi connectivity index (χ0) is 11.5. The standard InChI is InChI=1S/C11H20N2O2/c1-5-15-11(2,3)10(14)8-9-6-7-13(4)12-9/h6-7,10,14H,5,8H2,1-4H3. The molecule has 0 radical (unpaired) electrons. The lowest BCUT2D eigenvalue weighted by Gasteiger charge is -2.29. The lowest BCUT2D eigenvalue weighted by molar-refractivity contribution is -0.0958. The predicted octanol–water partition coefficient (Wildman–Crippen LogP) is 1.14. The molecule has 0 fully saturated rings. The molecule has 4 heteroatoms. The molecule has 86 valence electrons. The van der Waals surface area contributed by atoms with E-state index >= 15 is 0 Å². The number of aryl methyl sites for hydroxylation is 1. The molecule has 15 heavy (non-hydrogen) atoms. The van der Waals surface area contributed by atoms with E-state index in [1.165, 1.54) is 0 Å².